The molecule has 16 N–H and O–H groups in total. The number of aliphatic hydroxyl groups excluding tert-OH is 2. The summed E-state index contributed by atoms with van der Waals surface area (Å²) in [6.07, 6.45) is 12.1. The van der Waals surface area contributed by atoms with Crippen LogP contribution in [0, 0.1) is 63.6 Å². The lowest BCUT2D eigenvalue weighted by atomic mass is 9.45. The highest BCUT2D eigenvalue weighted by atomic mass is 35.5. The van der Waals surface area contributed by atoms with Gasteiger partial charge in [-0.15, -0.1) is 23.4 Å². The lowest BCUT2D eigenvalue weighted by molar-refractivity contribution is -0.192. The summed E-state index contributed by atoms with van der Waals surface area (Å²) < 4.78 is 42.0. The van der Waals surface area contributed by atoms with E-state index in [2.05, 4.69) is 33.6 Å². The average Bonchev–Trinajstić information content (AvgIpc) is 1.65. The fraction of sp³-hybridized carbons (Fsp3) is 0.763. The number of carbonyl (C=O) groups is 13. The SMILES string of the molecule is CC(N)=O.C[C@]12CCC(=O)C=C1CC[C@@H]1[C@@H]2[C@@H](O)C[C@@]2(C)[C@H]1CC[C@]2(O)C(=O)COC(=O)CSC[C@H](CC(=O)[C@@H](CCCN=C(N)N)NC(=O)CCCCCCC(=O)CCCC[C@@H]1SC[C@@H]2NC(=O)N[C@@H]21)C(N)=O.C[C@]12C[C@H](O)[C@@H]3C4CCC(=O)C=C4CC[C@H]3[C@@H]1CC[C@]2(O)C(=O)COC(=O)CCl.O=C(O)C(F)(F)F. The van der Waals surface area contributed by atoms with Gasteiger partial charge < -0.3 is 73.9 Å². The molecule has 34 heteroatoms. The number of carboxylic acids is 1. The Morgan fingerprint density at radius 2 is 1.31 bits per heavy atom. The van der Waals surface area contributed by atoms with Crippen LogP contribution in [0.4, 0.5) is 18.0 Å². The fourth-order valence-corrected chi connectivity index (χ4v) is 22.4. The number of halogens is 4. The molecule has 0 aromatic rings. The van der Waals surface area contributed by atoms with E-state index in [1.807, 2.05) is 25.6 Å². The van der Waals surface area contributed by atoms with Crippen LogP contribution in [0.25, 0.3) is 0 Å². The zero-order valence-corrected chi connectivity index (χ0v) is 65.6. The maximum absolute atomic E-state index is 13.8. The number of aliphatic carboxylic acids is 1. The number of ether oxygens (including phenoxy) is 2. The van der Waals surface area contributed by atoms with Crippen molar-refractivity contribution in [3.05, 3.63) is 23.3 Å². The van der Waals surface area contributed by atoms with E-state index in [4.69, 9.17) is 48.2 Å². The predicted octanol–water partition coefficient (Wildman–Crippen LogP) is 5.61. The number of amides is 5. The number of primary amides is 2. The number of hydrogen-bond acceptors (Lipinski definition) is 22. The molecule has 10 rings (SSSR count). The number of fused-ring (bicyclic) bond motifs is 11. The van der Waals surface area contributed by atoms with Crippen LogP contribution >= 0.6 is 35.1 Å². The molecule has 10 aliphatic rings. The number of aliphatic hydroxyl groups is 4. The maximum Gasteiger partial charge on any atom is 0.490 e. The van der Waals surface area contributed by atoms with Crippen molar-refractivity contribution in [1.29, 1.82) is 0 Å². The first-order valence-corrected chi connectivity index (χ1v) is 41.1. The van der Waals surface area contributed by atoms with E-state index in [-0.39, 0.29) is 156 Å². The monoisotopic (exact) mass is 1610 g/mol. The zero-order valence-electron chi connectivity index (χ0n) is 63.2. The molecule has 1 unspecified atom stereocenters. The summed E-state index contributed by atoms with van der Waals surface area (Å²) in [6, 6.07) is -0.665. The molecule has 28 nitrogen and oxygen atoms in total. The number of Topliss-reactive ketones (excluding diaryl/α,β-unsaturated/α-hetero) is 4. The number of aliphatic imine (C=N–C) groups is 1. The lowest BCUT2D eigenvalue weighted by Gasteiger charge is -2.60. The van der Waals surface area contributed by atoms with Crippen LogP contribution in [0.1, 0.15) is 201 Å². The van der Waals surface area contributed by atoms with Gasteiger partial charge >= 0.3 is 30.1 Å². The van der Waals surface area contributed by atoms with Crippen molar-refractivity contribution in [2.24, 2.45) is 91.5 Å². The van der Waals surface area contributed by atoms with Gasteiger partial charge in [-0.05, 0) is 175 Å². The molecule has 0 radical (unpaired) electrons. The van der Waals surface area contributed by atoms with E-state index in [1.165, 1.54) is 12.5 Å². The molecule has 2 aliphatic heterocycles. The number of guanidine groups is 1. The van der Waals surface area contributed by atoms with Gasteiger partial charge in [-0.25, -0.2) is 9.59 Å². The number of rotatable bonds is 32. The third-order valence-electron chi connectivity index (χ3n) is 25.3. The predicted molar refractivity (Wildman–Crippen MR) is 401 cm³/mol. The van der Waals surface area contributed by atoms with E-state index in [0.717, 1.165) is 93.7 Å². The van der Waals surface area contributed by atoms with Crippen molar-refractivity contribution < 1.29 is 111 Å². The number of ketones is 6. The molecule has 5 amide bonds. The van der Waals surface area contributed by atoms with Crippen LogP contribution < -0.4 is 38.9 Å². The van der Waals surface area contributed by atoms with E-state index in [0.29, 0.717) is 75.9 Å². The summed E-state index contributed by atoms with van der Waals surface area (Å²) in [5, 5.41) is 62.6. The lowest BCUT2D eigenvalue weighted by Crippen LogP contribution is -2.62. The van der Waals surface area contributed by atoms with Gasteiger partial charge in [-0.1, -0.05) is 51.2 Å². The third-order valence-corrected chi connectivity index (χ3v) is 28.1. The quantitative estimate of drug-likeness (QED) is 0.00972. The van der Waals surface area contributed by atoms with E-state index in [9.17, 15) is 91.1 Å². The molecule has 616 valence electrons. The molecule has 0 bridgehead atoms. The highest BCUT2D eigenvalue weighted by Crippen LogP contribution is 2.68. The van der Waals surface area contributed by atoms with Gasteiger partial charge in [0, 0.05) is 79.6 Å². The number of carbonyl (C=O) groups excluding carboxylic acids is 12. The van der Waals surface area contributed by atoms with Gasteiger partial charge in [-0.3, -0.25) is 57.7 Å². The minimum atomic E-state index is -5.08. The Bertz CT molecular complexity index is 3510. The molecule has 0 aromatic heterocycles. The summed E-state index contributed by atoms with van der Waals surface area (Å²) >= 11 is 8.31. The van der Waals surface area contributed by atoms with E-state index < -0.39 is 107 Å². The third kappa shape index (κ3) is 22.3. The normalized spacial score (nSPS) is 32.6. The molecular formula is C76H112ClF3N8O20S2. The van der Waals surface area contributed by atoms with Gasteiger partial charge in [0.05, 0.1) is 42.0 Å². The van der Waals surface area contributed by atoms with Crippen LogP contribution in [-0.2, 0) is 67.0 Å². The topological polar surface area (TPSA) is 494 Å². The second-order valence-electron chi connectivity index (χ2n) is 32.2. The first-order chi connectivity index (χ1) is 51.6. The summed E-state index contributed by atoms with van der Waals surface area (Å²) in [5.41, 5.74) is 17.9. The Morgan fingerprint density at radius 1 is 0.736 bits per heavy atom. The standard InChI is InChI=1S/C50H77N7O11S2.C22H29ClO6.C2HF3O2.C2H5NO/c1-48-19-17-32(59)23-30(48)15-16-33-34-18-20-50(67,49(34,2)24-38(61)43(33)48)40(62)25-68-42(64)28-69-26-29(45(51)65)22-37(60)35(12-9-21-54-46(52)53)55-41(63)14-6-4-3-5-10-31(58)11-7-8-13-39-44-36(27-70-39)56-47(66)57-44;1-21-9-17(25)20-14-5-3-13(24)8-12(14)2-4-15(20)16(21)6-7-22(21,28)18(26)11-29-19(27)10-23;3-2(4,5)1(6)7;1-2(3)4/h23,29,33-36,38-39,43-44,61,67H,3-22,24-28H2,1-2H3,(H2,51,65)(H,55,63)(H4,52,53,54)(H2,56,57,66);8,14-17,20,25,28H,2-7,9-11H2,1H3;(H,6,7);1H3,(H2,3,4)/t29-,33-,34-,35+,36-,38-,39-,43+,44-,48-,49-,50-;14?,15-,16-,17-,20+,21-,22-;;/m00../s1. The molecule has 19 atom stereocenters. The Labute approximate surface area is 652 Å². The second kappa shape index (κ2) is 39.5. The van der Waals surface area contributed by atoms with Gasteiger partial charge in [0.2, 0.25) is 29.3 Å². The minimum absolute atomic E-state index is 0.00532. The number of urea groups is 1. The smallest absolute Gasteiger partial charge is 0.475 e. The molecule has 0 spiro atoms. The number of nitrogens with one attached hydrogen (secondary N) is 3. The van der Waals surface area contributed by atoms with E-state index in [1.54, 1.807) is 12.2 Å². The van der Waals surface area contributed by atoms with Crippen LogP contribution in [0.5, 0.6) is 0 Å². The molecule has 2 saturated heterocycles. The molecule has 2 heterocycles. The fourth-order valence-electron chi connectivity index (χ4n) is 19.9. The van der Waals surface area contributed by atoms with E-state index >= 15 is 0 Å². The number of nitrogens with zero attached hydrogens (tertiary/aromatic N) is 1. The number of unbranched alkanes of at least 4 members (excludes halogenated alkanes) is 4. The molecule has 6 saturated carbocycles. The zero-order chi connectivity index (χ0) is 81.4. The number of alkyl halides is 4. The van der Waals surface area contributed by atoms with Crippen molar-refractivity contribution in [1.82, 2.24) is 16.0 Å². The maximum atomic E-state index is 13.8. The largest absolute Gasteiger partial charge is 0.490 e. The highest BCUT2D eigenvalue weighted by molar-refractivity contribution is 8.00. The van der Waals surface area contributed by atoms with Gasteiger partial charge in [-0.2, -0.15) is 24.9 Å². The van der Waals surface area contributed by atoms with Crippen LogP contribution in [0.3, 0.4) is 0 Å². The van der Waals surface area contributed by atoms with Gasteiger partial charge in [0.15, 0.2) is 36.5 Å². The number of nitrogens with two attached hydrogens (primary N) is 4. The molecule has 8 aliphatic carbocycles. The van der Waals surface area contributed by atoms with Crippen molar-refractivity contribution >= 4 is 117 Å². The number of carboxylic acid groups (broad SMARTS) is 1. The molecule has 110 heavy (non-hydrogen) atoms. The Hall–Kier alpha value is -6.52. The Balaban J connectivity index is 0.000000342. The van der Waals surface area contributed by atoms with Gasteiger partial charge in [0.25, 0.3) is 0 Å². The molecule has 8 fully saturated rings. The highest BCUT2D eigenvalue weighted by Gasteiger charge is 2.70. The first kappa shape index (κ1) is 90.7. The number of thioether (sulfide) groups is 2. The summed E-state index contributed by atoms with van der Waals surface area (Å²) in [7, 11) is 0. The average molecular weight is 1610 g/mol. The van der Waals surface area contributed by atoms with Crippen molar-refractivity contribution in [3.63, 3.8) is 0 Å². The Morgan fingerprint density at radius 3 is 1.91 bits per heavy atom. The summed E-state index contributed by atoms with van der Waals surface area (Å²) in [6.45, 7) is 6.29. The molecular weight excluding hydrogens is 1500 g/mol. The number of hydrogen-bond donors (Lipinski definition) is 12. The van der Waals surface area contributed by atoms with Crippen LogP contribution in [-0.4, -0.2) is 204 Å². The summed E-state index contributed by atoms with van der Waals surface area (Å²) in [4.78, 5) is 160. The van der Waals surface area contributed by atoms with Crippen molar-refractivity contribution in [2.45, 2.75) is 254 Å². The summed E-state index contributed by atoms with van der Waals surface area (Å²) in [5.74, 6) is -6.80. The molecule has 0 aromatic carbocycles. The van der Waals surface area contributed by atoms with Crippen LogP contribution in [0.2, 0.25) is 0 Å². The second-order valence-corrected chi connectivity index (χ2v) is 34.7. The van der Waals surface area contributed by atoms with Gasteiger partial charge in [0.1, 0.15) is 22.9 Å². The van der Waals surface area contributed by atoms with Crippen molar-refractivity contribution in [3.8, 4) is 0 Å². The minimum Gasteiger partial charge on any atom is -0.475 e. The van der Waals surface area contributed by atoms with Crippen molar-refractivity contribution in [2.75, 3.05) is 42.9 Å². The first-order valence-electron chi connectivity index (χ1n) is 38.4. The number of esters is 2. The van der Waals surface area contributed by atoms with Crippen LogP contribution in [0.15, 0.2) is 28.3 Å². The number of allylic oxidation sites excluding steroid dienone is 2. The Kier molecular flexibility index (Phi) is 32.5.